The van der Waals surface area contributed by atoms with Crippen molar-refractivity contribution in [3.63, 3.8) is 0 Å². The van der Waals surface area contributed by atoms with E-state index in [1.165, 1.54) is 36.4 Å². The Labute approximate surface area is 240 Å². The first-order valence-electron chi connectivity index (χ1n) is 12.2. The SMILES string of the molecule is CCOC(=O)c1ccc(N2C(=O)NC(=O)/C(=C\c3cc(Cl)c(OCc4ccccc4Cl)c(OCC)c3)C2=O)cc1. The van der Waals surface area contributed by atoms with Gasteiger partial charge in [-0.2, -0.15) is 0 Å². The molecule has 40 heavy (non-hydrogen) atoms. The Bertz CT molecular complexity index is 1500. The van der Waals surface area contributed by atoms with E-state index in [1.807, 2.05) is 18.2 Å². The molecule has 9 nitrogen and oxygen atoms in total. The number of ether oxygens (including phenoxy) is 3. The van der Waals surface area contributed by atoms with Gasteiger partial charge < -0.3 is 14.2 Å². The first kappa shape index (κ1) is 28.7. The Morgan fingerprint density at radius 1 is 0.925 bits per heavy atom. The number of nitrogens with zero attached hydrogens (tertiary/aromatic N) is 1. The molecule has 0 saturated carbocycles. The number of carbonyl (C=O) groups is 4. The van der Waals surface area contributed by atoms with Gasteiger partial charge in [-0.3, -0.25) is 14.9 Å². The van der Waals surface area contributed by atoms with Crippen LogP contribution in [0.15, 0.2) is 66.2 Å². The van der Waals surface area contributed by atoms with Gasteiger partial charge in [-0.05, 0) is 68.0 Å². The molecular weight excluding hydrogens is 559 g/mol. The largest absolute Gasteiger partial charge is 0.490 e. The van der Waals surface area contributed by atoms with Crippen LogP contribution in [0.25, 0.3) is 6.08 Å². The summed E-state index contributed by atoms with van der Waals surface area (Å²) in [6.45, 7) is 4.09. The van der Waals surface area contributed by atoms with Crippen molar-refractivity contribution in [1.29, 1.82) is 0 Å². The van der Waals surface area contributed by atoms with Gasteiger partial charge in [0.2, 0.25) is 0 Å². The number of imide groups is 2. The molecule has 0 aromatic heterocycles. The van der Waals surface area contributed by atoms with Gasteiger partial charge in [-0.15, -0.1) is 0 Å². The lowest BCUT2D eigenvalue weighted by Crippen LogP contribution is -2.54. The molecular formula is C29H24Cl2N2O7. The summed E-state index contributed by atoms with van der Waals surface area (Å²) in [5, 5.41) is 2.88. The van der Waals surface area contributed by atoms with E-state index in [0.29, 0.717) is 22.9 Å². The topological polar surface area (TPSA) is 111 Å². The predicted octanol–water partition coefficient (Wildman–Crippen LogP) is 5.81. The average Bonchev–Trinajstić information content (AvgIpc) is 2.92. The minimum Gasteiger partial charge on any atom is -0.490 e. The zero-order valence-corrected chi connectivity index (χ0v) is 23.0. The molecule has 1 aliphatic heterocycles. The molecule has 1 aliphatic rings. The van der Waals surface area contributed by atoms with Crippen LogP contribution in [0.4, 0.5) is 10.5 Å². The molecule has 0 radical (unpaired) electrons. The second-order valence-electron chi connectivity index (χ2n) is 8.37. The minimum absolute atomic E-state index is 0.132. The molecule has 0 atom stereocenters. The lowest BCUT2D eigenvalue weighted by atomic mass is 10.1. The number of amides is 4. The van der Waals surface area contributed by atoms with E-state index in [4.69, 9.17) is 37.4 Å². The fourth-order valence-electron chi connectivity index (χ4n) is 3.86. The summed E-state index contributed by atoms with van der Waals surface area (Å²) >= 11 is 12.7. The Balaban J connectivity index is 1.63. The number of rotatable bonds is 9. The third-order valence-corrected chi connectivity index (χ3v) is 6.36. The van der Waals surface area contributed by atoms with Crippen molar-refractivity contribution in [2.45, 2.75) is 20.5 Å². The summed E-state index contributed by atoms with van der Waals surface area (Å²) in [7, 11) is 0. The van der Waals surface area contributed by atoms with Gasteiger partial charge in [0, 0.05) is 10.6 Å². The molecule has 3 aromatic rings. The molecule has 206 valence electrons. The first-order valence-corrected chi connectivity index (χ1v) is 13.0. The summed E-state index contributed by atoms with van der Waals surface area (Å²) in [6, 6.07) is 15.0. The van der Waals surface area contributed by atoms with Gasteiger partial charge in [0.15, 0.2) is 11.5 Å². The van der Waals surface area contributed by atoms with Gasteiger partial charge in [0.25, 0.3) is 11.8 Å². The van der Waals surface area contributed by atoms with Gasteiger partial charge in [-0.25, -0.2) is 14.5 Å². The van der Waals surface area contributed by atoms with Crippen molar-refractivity contribution in [3.8, 4) is 11.5 Å². The van der Waals surface area contributed by atoms with Crippen molar-refractivity contribution in [1.82, 2.24) is 5.32 Å². The third-order valence-electron chi connectivity index (χ3n) is 5.71. The Hall–Kier alpha value is -4.34. The quantitative estimate of drug-likeness (QED) is 0.192. The summed E-state index contributed by atoms with van der Waals surface area (Å²) in [5.41, 5.74) is 1.21. The predicted molar refractivity (Wildman–Crippen MR) is 150 cm³/mol. The molecule has 3 aromatic carbocycles. The van der Waals surface area contributed by atoms with Crippen LogP contribution in [0.5, 0.6) is 11.5 Å². The molecule has 11 heteroatoms. The molecule has 1 saturated heterocycles. The highest BCUT2D eigenvalue weighted by Crippen LogP contribution is 2.38. The number of carbonyl (C=O) groups excluding carboxylic acids is 4. The highest BCUT2D eigenvalue weighted by Gasteiger charge is 2.37. The average molecular weight is 583 g/mol. The van der Waals surface area contributed by atoms with Gasteiger partial charge in [0.05, 0.1) is 29.5 Å². The first-order chi connectivity index (χ1) is 19.2. The highest BCUT2D eigenvalue weighted by molar-refractivity contribution is 6.39. The lowest BCUT2D eigenvalue weighted by Gasteiger charge is -2.26. The Morgan fingerprint density at radius 3 is 2.33 bits per heavy atom. The van der Waals surface area contributed by atoms with Crippen LogP contribution in [0, 0.1) is 0 Å². The molecule has 0 bridgehead atoms. The Morgan fingerprint density at radius 2 is 1.65 bits per heavy atom. The Kier molecular flexibility index (Phi) is 9.08. The van der Waals surface area contributed by atoms with Crippen molar-refractivity contribution in [2.75, 3.05) is 18.1 Å². The smallest absolute Gasteiger partial charge is 0.338 e. The van der Waals surface area contributed by atoms with Gasteiger partial charge in [0.1, 0.15) is 12.2 Å². The van der Waals surface area contributed by atoms with E-state index in [9.17, 15) is 19.2 Å². The number of hydrogen-bond donors (Lipinski definition) is 1. The van der Waals surface area contributed by atoms with Crippen LogP contribution in [0.1, 0.15) is 35.3 Å². The second-order valence-corrected chi connectivity index (χ2v) is 9.18. The van der Waals surface area contributed by atoms with Crippen LogP contribution >= 0.6 is 23.2 Å². The normalized spacial score (nSPS) is 14.2. The number of anilines is 1. The number of nitrogens with one attached hydrogen (secondary N) is 1. The van der Waals surface area contributed by atoms with Crippen LogP contribution in [0.3, 0.4) is 0 Å². The highest BCUT2D eigenvalue weighted by atomic mass is 35.5. The van der Waals surface area contributed by atoms with Crippen LogP contribution in [-0.2, 0) is 20.9 Å². The second kappa shape index (κ2) is 12.7. The van der Waals surface area contributed by atoms with Gasteiger partial charge >= 0.3 is 12.0 Å². The van der Waals surface area contributed by atoms with E-state index in [0.717, 1.165) is 10.5 Å². The zero-order chi connectivity index (χ0) is 28.8. The summed E-state index contributed by atoms with van der Waals surface area (Å²) in [6.07, 6.45) is 1.30. The number of barbiturate groups is 1. The molecule has 0 spiro atoms. The lowest BCUT2D eigenvalue weighted by molar-refractivity contribution is -0.122. The fraction of sp³-hybridized carbons (Fsp3) is 0.172. The van der Waals surface area contributed by atoms with E-state index < -0.39 is 23.8 Å². The van der Waals surface area contributed by atoms with Crippen molar-refractivity contribution < 1.29 is 33.4 Å². The van der Waals surface area contributed by atoms with Crippen LogP contribution in [-0.4, -0.2) is 37.0 Å². The molecule has 1 fully saturated rings. The summed E-state index contributed by atoms with van der Waals surface area (Å²) in [5.74, 6) is -1.71. The van der Waals surface area contributed by atoms with E-state index >= 15 is 0 Å². The maximum atomic E-state index is 13.3. The molecule has 0 unspecified atom stereocenters. The van der Waals surface area contributed by atoms with Crippen molar-refractivity contribution >= 4 is 58.8 Å². The number of halogens is 2. The van der Waals surface area contributed by atoms with Crippen molar-refractivity contribution in [2.24, 2.45) is 0 Å². The summed E-state index contributed by atoms with van der Waals surface area (Å²) in [4.78, 5) is 51.3. The van der Waals surface area contributed by atoms with E-state index in [1.54, 1.807) is 26.0 Å². The van der Waals surface area contributed by atoms with E-state index in [-0.39, 0.29) is 40.8 Å². The zero-order valence-electron chi connectivity index (χ0n) is 21.5. The number of benzene rings is 3. The van der Waals surface area contributed by atoms with Crippen LogP contribution < -0.4 is 19.7 Å². The maximum absolute atomic E-state index is 13.3. The molecule has 4 amide bonds. The van der Waals surface area contributed by atoms with E-state index in [2.05, 4.69) is 5.32 Å². The minimum atomic E-state index is -0.924. The third kappa shape index (κ3) is 6.27. The maximum Gasteiger partial charge on any atom is 0.338 e. The number of esters is 1. The molecule has 1 heterocycles. The molecule has 1 N–H and O–H groups in total. The van der Waals surface area contributed by atoms with Crippen molar-refractivity contribution in [3.05, 3.63) is 93.0 Å². The fourth-order valence-corrected chi connectivity index (χ4v) is 4.32. The molecule has 0 aliphatic carbocycles. The van der Waals surface area contributed by atoms with Crippen LogP contribution in [0.2, 0.25) is 10.0 Å². The standard InChI is InChI=1S/C29H24Cl2N2O7/c1-3-38-24-15-17(14-23(31)25(24)40-16-19-7-5-6-8-22(19)30)13-21-26(34)32-29(37)33(27(21)35)20-11-9-18(10-12-20)28(36)39-4-2/h5-15H,3-4,16H2,1-2H3,(H,32,34,37)/b21-13+. The van der Waals surface area contributed by atoms with Gasteiger partial charge in [-0.1, -0.05) is 41.4 Å². The summed E-state index contributed by atoms with van der Waals surface area (Å²) < 4.78 is 16.6. The molecule has 4 rings (SSSR count). The number of urea groups is 1. The monoisotopic (exact) mass is 582 g/mol. The number of hydrogen-bond acceptors (Lipinski definition) is 7.